The van der Waals surface area contributed by atoms with Crippen molar-refractivity contribution in [2.24, 2.45) is 11.3 Å². The molecule has 0 N–H and O–H groups in total. The Kier molecular flexibility index (Phi) is 2.74. The molecule has 2 saturated carbocycles. The van der Waals surface area contributed by atoms with E-state index in [-0.39, 0.29) is 23.9 Å². The van der Waals surface area contributed by atoms with Gasteiger partial charge in [-0.1, -0.05) is 0 Å². The Labute approximate surface area is 151 Å². The summed E-state index contributed by atoms with van der Waals surface area (Å²) in [6.45, 7) is 1.36. The average molecular weight is 351 g/mol. The number of pyridine rings is 1. The van der Waals surface area contributed by atoms with Crippen molar-refractivity contribution in [3.63, 3.8) is 0 Å². The number of nitrogens with zero attached hydrogens (tertiary/aromatic N) is 5. The van der Waals surface area contributed by atoms with Gasteiger partial charge in [0.05, 0.1) is 5.56 Å². The molecule has 134 valence electrons. The summed E-state index contributed by atoms with van der Waals surface area (Å²) in [7, 11) is 0. The number of rotatable bonds is 2. The van der Waals surface area contributed by atoms with Crippen molar-refractivity contribution in [2.75, 3.05) is 13.1 Å². The minimum atomic E-state index is 0.0364. The topological polar surface area (TPSA) is 70.8 Å². The Morgan fingerprint density at radius 3 is 2.54 bits per heavy atom. The third kappa shape index (κ3) is 2.00. The summed E-state index contributed by atoms with van der Waals surface area (Å²) in [5.74, 6) is 0.670. The number of carbonyl (C=O) groups excluding carboxylic acids is 2. The zero-order valence-corrected chi connectivity index (χ0v) is 14.5. The number of carbonyl (C=O) groups is 2. The number of piperidine rings is 2. The summed E-state index contributed by atoms with van der Waals surface area (Å²) >= 11 is 0. The summed E-state index contributed by atoms with van der Waals surface area (Å²) in [5.41, 5.74) is 1.76. The van der Waals surface area contributed by atoms with Gasteiger partial charge in [0.2, 0.25) is 5.91 Å². The van der Waals surface area contributed by atoms with Crippen LogP contribution in [0.4, 0.5) is 0 Å². The molecule has 5 heterocycles. The Morgan fingerprint density at radius 1 is 1.08 bits per heavy atom. The number of amides is 2. The average Bonchev–Trinajstić information content (AvgIpc) is 3.57. The largest absolute Gasteiger partial charge is 0.336 e. The van der Waals surface area contributed by atoms with Crippen molar-refractivity contribution >= 4 is 17.5 Å². The lowest BCUT2D eigenvalue weighted by atomic mass is 9.89. The molecule has 2 aromatic heterocycles. The van der Waals surface area contributed by atoms with E-state index >= 15 is 0 Å². The van der Waals surface area contributed by atoms with Crippen LogP contribution in [-0.2, 0) is 4.79 Å². The maximum Gasteiger partial charge on any atom is 0.255 e. The number of fused-ring (bicyclic) bond motifs is 4. The van der Waals surface area contributed by atoms with E-state index in [9.17, 15) is 9.59 Å². The fourth-order valence-electron chi connectivity index (χ4n) is 5.07. The minimum absolute atomic E-state index is 0.0364. The molecule has 2 amide bonds. The van der Waals surface area contributed by atoms with Gasteiger partial charge in [0.15, 0.2) is 5.65 Å². The molecule has 2 aromatic rings. The van der Waals surface area contributed by atoms with Crippen LogP contribution in [0.5, 0.6) is 0 Å². The Morgan fingerprint density at radius 2 is 1.85 bits per heavy atom. The van der Waals surface area contributed by atoms with E-state index in [0.29, 0.717) is 30.0 Å². The Balaban J connectivity index is 1.22. The Bertz CT molecular complexity index is 933. The van der Waals surface area contributed by atoms with Gasteiger partial charge < -0.3 is 9.80 Å². The molecule has 7 rings (SSSR count). The highest BCUT2D eigenvalue weighted by Gasteiger charge is 2.67. The second kappa shape index (κ2) is 4.84. The second-order valence-corrected chi connectivity index (χ2v) is 8.43. The quantitative estimate of drug-likeness (QED) is 0.819. The fraction of sp³-hybridized carbons (Fsp3) is 0.579. The highest BCUT2D eigenvalue weighted by atomic mass is 16.2. The summed E-state index contributed by atoms with van der Waals surface area (Å²) in [6.07, 6.45) is 8.81. The van der Waals surface area contributed by atoms with Crippen LogP contribution in [0, 0.1) is 11.3 Å². The molecular weight excluding hydrogens is 330 g/mol. The smallest absolute Gasteiger partial charge is 0.255 e. The molecule has 7 nitrogen and oxygen atoms in total. The molecule has 5 fully saturated rings. The van der Waals surface area contributed by atoms with Gasteiger partial charge in [0, 0.05) is 37.3 Å². The molecule has 3 atom stereocenters. The summed E-state index contributed by atoms with van der Waals surface area (Å²) in [4.78, 5) is 34.1. The summed E-state index contributed by atoms with van der Waals surface area (Å²) in [6, 6.07) is 3.96. The van der Waals surface area contributed by atoms with E-state index in [1.54, 1.807) is 10.7 Å². The first-order valence-corrected chi connectivity index (χ1v) is 9.55. The van der Waals surface area contributed by atoms with Crippen molar-refractivity contribution in [1.29, 1.82) is 0 Å². The zero-order valence-electron chi connectivity index (χ0n) is 14.5. The number of piperazine rings is 1. The van der Waals surface area contributed by atoms with E-state index in [2.05, 4.69) is 15.0 Å². The maximum absolute atomic E-state index is 13.1. The molecule has 0 aromatic carbocycles. The van der Waals surface area contributed by atoms with Crippen molar-refractivity contribution < 1.29 is 9.59 Å². The normalized spacial score (nSPS) is 30.8. The molecule has 7 heteroatoms. The van der Waals surface area contributed by atoms with Gasteiger partial charge in [-0.25, -0.2) is 9.50 Å². The van der Waals surface area contributed by atoms with Crippen LogP contribution in [0.15, 0.2) is 24.7 Å². The lowest BCUT2D eigenvalue weighted by Gasteiger charge is -2.51. The molecule has 3 aliphatic heterocycles. The SMILES string of the molecule is O=C(c1ccc2ncnn2c1)N1CC2CCC1CN2C(=O)C1CC12CC2. The molecule has 5 aliphatic rings. The maximum atomic E-state index is 13.1. The first kappa shape index (κ1) is 14.7. The number of aromatic nitrogens is 3. The molecule has 2 bridgehead atoms. The van der Waals surface area contributed by atoms with Crippen LogP contribution in [0.3, 0.4) is 0 Å². The number of hydrogen-bond acceptors (Lipinski definition) is 4. The zero-order chi connectivity index (χ0) is 17.5. The van der Waals surface area contributed by atoms with Gasteiger partial charge >= 0.3 is 0 Å². The van der Waals surface area contributed by atoms with Gasteiger partial charge in [-0.2, -0.15) is 5.10 Å². The lowest BCUT2D eigenvalue weighted by molar-refractivity contribution is -0.142. The van der Waals surface area contributed by atoms with Crippen molar-refractivity contribution in [1.82, 2.24) is 24.4 Å². The first-order chi connectivity index (χ1) is 12.6. The van der Waals surface area contributed by atoms with Crippen molar-refractivity contribution in [3.8, 4) is 0 Å². The molecule has 3 unspecified atom stereocenters. The lowest BCUT2D eigenvalue weighted by Crippen LogP contribution is -2.65. The standard InChI is InChI=1S/C19H21N5O2/c25-17(12-1-4-16-20-11-21-24(16)8-12)22-9-14-3-2-13(22)10-23(14)18(26)15-7-19(15)5-6-19/h1,4,8,11,13-15H,2-3,5-7,9-10H2. The van der Waals surface area contributed by atoms with Gasteiger partial charge in [0.25, 0.3) is 5.91 Å². The molecule has 0 radical (unpaired) electrons. The Hall–Kier alpha value is -2.44. The van der Waals surface area contributed by atoms with Crippen LogP contribution >= 0.6 is 0 Å². The third-order valence-electron chi connectivity index (χ3n) is 6.97. The van der Waals surface area contributed by atoms with Crippen LogP contribution in [-0.4, -0.2) is 61.4 Å². The van der Waals surface area contributed by atoms with E-state index in [4.69, 9.17) is 0 Å². The summed E-state index contributed by atoms with van der Waals surface area (Å²) < 4.78 is 1.63. The van der Waals surface area contributed by atoms with Gasteiger partial charge in [-0.15, -0.1) is 0 Å². The molecule has 26 heavy (non-hydrogen) atoms. The first-order valence-electron chi connectivity index (χ1n) is 9.55. The van der Waals surface area contributed by atoms with Crippen LogP contribution in [0.1, 0.15) is 42.5 Å². The molecule has 2 aliphatic carbocycles. The second-order valence-electron chi connectivity index (χ2n) is 8.43. The van der Waals surface area contributed by atoms with E-state index < -0.39 is 0 Å². The van der Waals surface area contributed by atoms with Gasteiger partial charge in [-0.05, 0) is 49.7 Å². The third-order valence-corrected chi connectivity index (χ3v) is 6.97. The predicted molar refractivity (Wildman–Crippen MR) is 92.3 cm³/mol. The highest BCUT2D eigenvalue weighted by molar-refractivity contribution is 5.95. The molecule has 3 saturated heterocycles. The fourth-order valence-corrected chi connectivity index (χ4v) is 5.07. The van der Waals surface area contributed by atoms with E-state index in [0.717, 1.165) is 24.9 Å². The van der Waals surface area contributed by atoms with Gasteiger partial charge in [-0.3, -0.25) is 9.59 Å². The van der Waals surface area contributed by atoms with E-state index in [1.807, 2.05) is 17.0 Å². The van der Waals surface area contributed by atoms with Gasteiger partial charge in [0.1, 0.15) is 6.33 Å². The van der Waals surface area contributed by atoms with Crippen LogP contribution in [0.25, 0.3) is 5.65 Å². The van der Waals surface area contributed by atoms with Crippen LogP contribution in [0.2, 0.25) is 0 Å². The minimum Gasteiger partial charge on any atom is -0.336 e. The van der Waals surface area contributed by atoms with E-state index in [1.165, 1.54) is 19.2 Å². The van der Waals surface area contributed by atoms with Crippen molar-refractivity contribution in [2.45, 2.75) is 44.2 Å². The summed E-state index contributed by atoms with van der Waals surface area (Å²) in [5, 5.41) is 4.12. The predicted octanol–water partition coefficient (Wildman–Crippen LogP) is 1.34. The molecule has 1 spiro atoms. The van der Waals surface area contributed by atoms with Crippen LogP contribution < -0.4 is 0 Å². The monoisotopic (exact) mass is 351 g/mol. The van der Waals surface area contributed by atoms with Crippen molar-refractivity contribution in [3.05, 3.63) is 30.2 Å². The highest BCUT2D eigenvalue weighted by Crippen LogP contribution is 2.71. The molecular formula is C19H21N5O2. The number of hydrogen-bond donors (Lipinski definition) is 0.